The van der Waals surface area contributed by atoms with Gasteiger partial charge in [0.2, 0.25) is 15.9 Å². The van der Waals surface area contributed by atoms with E-state index < -0.39 is 10.0 Å². The minimum atomic E-state index is -3.75. The summed E-state index contributed by atoms with van der Waals surface area (Å²) in [6.45, 7) is 4.67. The maximum absolute atomic E-state index is 13.6. The molecule has 1 aliphatic carbocycles. The number of rotatable bonds is 7. The SMILES string of the molecule is CC1(C)CC(=O)C2=C(C1)Nc1ccccc1N(CC(=O)NCCc1ccc(S(N)(=O)=O)cc1)C2c1cccs1. The molecule has 204 valence electrons. The van der Waals surface area contributed by atoms with E-state index in [-0.39, 0.29) is 34.6 Å². The van der Waals surface area contributed by atoms with Gasteiger partial charge in [0.15, 0.2) is 5.78 Å². The average molecular weight is 565 g/mol. The summed E-state index contributed by atoms with van der Waals surface area (Å²) in [7, 11) is -3.75. The number of fused-ring (bicyclic) bond motifs is 1. The molecular weight excluding hydrogens is 532 g/mol. The summed E-state index contributed by atoms with van der Waals surface area (Å²) >= 11 is 1.58. The Hall–Kier alpha value is -3.47. The van der Waals surface area contributed by atoms with Crippen molar-refractivity contribution in [2.75, 3.05) is 23.3 Å². The zero-order valence-electron chi connectivity index (χ0n) is 21.9. The number of amides is 1. The van der Waals surface area contributed by atoms with Crippen molar-refractivity contribution in [3.8, 4) is 0 Å². The fourth-order valence-corrected chi connectivity index (χ4v) is 6.73. The molecule has 3 aromatic rings. The molecule has 5 rings (SSSR count). The molecule has 1 atom stereocenters. The van der Waals surface area contributed by atoms with Gasteiger partial charge in [0.25, 0.3) is 0 Å². The number of hydrogen-bond donors (Lipinski definition) is 3. The van der Waals surface area contributed by atoms with Crippen LogP contribution in [0.2, 0.25) is 0 Å². The molecule has 4 N–H and O–H groups in total. The predicted molar refractivity (Wildman–Crippen MR) is 154 cm³/mol. The molecule has 10 heteroatoms. The summed E-state index contributed by atoms with van der Waals surface area (Å²) in [4.78, 5) is 30.0. The summed E-state index contributed by atoms with van der Waals surface area (Å²) in [6.07, 6.45) is 1.73. The second-order valence-electron chi connectivity index (χ2n) is 10.8. The Morgan fingerprint density at radius 3 is 2.54 bits per heavy atom. The maximum Gasteiger partial charge on any atom is 0.239 e. The largest absolute Gasteiger partial charge is 0.357 e. The minimum Gasteiger partial charge on any atom is -0.357 e. The number of sulfonamides is 1. The number of allylic oxidation sites excluding steroid dienone is 1. The lowest BCUT2D eigenvalue weighted by Gasteiger charge is -2.37. The van der Waals surface area contributed by atoms with E-state index >= 15 is 0 Å². The van der Waals surface area contributed by atoms with Crippen molar-refractivity contribution < 1.29 is 18.0 Å². The van der Waals surface area contributed by atoms with Crippen LogP contribution >= 0.6 is 11.3 Å². The molecule has 1 aromatic heterocycles. The first-order chi connectivity index (χ1) is 18.5. The van der Waals surface area contributed by atoms with Crippen molar-refractivity contribution in [2.45, 2.75) is 44.0 Å². The molecule has 1 unspecified atom stereocenters. The number of nitrogens with one attached hydrogen (secondary N) is 2. The second-order valence-corrected chi connectivity index (χ2v) is 13.4. The van der Waals surface area contributed by atoms with Gasteiger partial charge in [-0.1, -0.05) is 44.2 Å². The van der Waals surface area contributed by atoms with Crippen LogP contribution in [0, 0.1) is 5.41 Å². The van der Waals surface area contributed by atoms with Crippen LogP contribution < -0.4 is 20.7 Å². The Morgan fingerprint density at radius 2 is 1.85 bits per heavy atom. The molecule has 39 heavy (non-hydrogen) atoms. The smallest absolute Gasteiger partial charge is 0.239 e. The predicted octanol–water partition coefficient (Wildman–Crippen LogP) is 4.37. The van der Waals surface area contributed by atoms with E-state index in [1.54, 1.807) is 23.5 Å². The van der Waals surface area contributed by atoms with Gasteiger partial charge < -0.3 is 15.5 Å². The van der Waals surface area contributed by atoms with Crippen LogP contribution in [0.25, 0.3) is 0 Å². The van der Waals surface area contributed by atoms with E-state index in [0.29, 0.717) is 19.4 Å². The van der Waals surface area contributed by atoms with E-state index in [0.717, 1.165) is 39.5 Å². The molecule has 0 fully saturated rings. The van der Waals surface area contributed by atoms with E-state index in [9.17, 15) is 18.0 Å². The van der Waals surface area contributed by atoms with E-state index in [2.05, 4.69) is 24.5 Å². The van der Waals surface area contributed by atoms with E-state index in [1.807, 2.05) is 46.7 Å². The lowest BCUT2D eigenvalue weighted by Crippen LogP contribution is -2.42. The molecule has 1 amide bonds. The highest BCUT2D eigenvalue weighted by Crippen LogP contribution is 2.48. The number of hydrogen-bond acceptors (Lipinski definition) is 7. The summed E-state index contributed by atoms with van der Waals surface area (Å²) in [5.74, 6) is -0.0616. The van der Waals surface area contributed by atoms with Crippen molar-refractivity contribution in [1.82, 2.24) is 5.32 Å². The minimum absolute atomic E-state index is 0.0534. The van der Waals surface area contributed by atoms with Crippen molar-refractivity contribution in [3.05, 3.63) is 87.8 Å². The molecule has 1 aliphatic heterocycles. The molecule has 0 radical (unpaired) electrons. The number of Topliss-reactive ketones (excluding diaryl/α,β-unsaturated/α-hetero) is 1. The summed E-state index contributed by atoms with van der Waals surface area (Å²) in [5.41, 5.74) is 4.12. The molecule has 2 aliphatic rings. The summed E-state index contributed by atoms with van der Waals surface area (Å²) in [5, 5.41) is 13.7. The summed E-state index contributed by atoms with van der Waals surface area (Å²) < 4.78 is 23.0. The Kier molecular flexibility index (Phi) is 7.37. The number of para-hydroxylation sites is 2. The Labute approximate surface area is 233 Å². The molecule has 8 nitrogen and oxygen atoms in total. The number of benzene rings is 2. The van der Waals surface area contributed by atoms with Gasteiger partial charge in [0.05, 0.1) is 28.9 Å². The molecule has 2 heterocycles. The third kappa shape index (κ3) is 5.93. The van der Waals surface area contributed by atoms with Crippen molar-refractivity contribution in [2.24, 2.45) is 10.6 Å². The summed E-state index contributed by atoms with van der Waals surface area (Å²) in [6, 6.07) is 17.8. The maximum atomic E-state index is 13.6. The Balaban J connectivity index is 1.40. The van der Waals surface area contributed by atoms with Gasteiger partial charge in [-0.25, -0.2) is 13.6 Å². The first kappa shape index (κ1) is 27.1. The van der Waals surface area contributed by atoms with Crippen molar-refractivity contribution in [3.63, 3.8) is 0 Å². The normalized spacial score (nSPS) is 18.6. The number of carbonyl (C=O) groups excluding carboxylic acids is 2. The average Bonchev–Trinajstić information content (AvgIpc) is 3.35. The first-order valence-electron chi connectivity index (χ1n) is 12.8. The van der Waals surface area contributed by atoms with Gasteiger partial charge in [-0.2, -0.15) is 0 Å². The number of nitrogens with zero attached hydrogens (tertiary/aromatic N) is 1. The number of carbonyl (C=O) groups is 2. The van der Waals surface area contributed by atoms with E-state index in [4.69, 9.17) is 5.14 Å². The highest BCUT2D eigenvalue weighted by molar-refractivity contribution is 7.89. The number of thiophene rings is 1. The fourth-order valence-electron chi connectivity index (χ4n) is 5.37. The third-order valence-corrected chi connectivity index (χ3v) is 8.97. The molecular formula is C29H32N4O4S2. The van der Waals surface area contributed by atoms with Gasteiger partial charge in [-0.05, 0) is 59.5 Å². The number of primary sulfonamides is 1. The van der Waals surface area contributed by atoms with Crippen LogP contribution in [0.15, 0.2) is 82.2 Å². The van der Waals surface area contributed by atoms with Gasteiger partial charge in [0.1, 0.15) is 0 Å². The van der Waals surface area contributed by atoms with Gasteiger partial charge >= 0.3 is 0 Å². The third-order valence-electron chi connectivity index (χ3n) is 7.12. The molecule has 0 spiro atoms. The molecule has 0 saturated carbocycles. The van der Waals surface area contributed by atoms with Crippen LogP contribution in [0.4, 0.5) is 11.4 Å². The number of nitrogens with two attached hydrogens (primary N) is 1. The van der Waals surface area contributed by atoms with Gasteiger partial charge in [-0.3, -0.25) is 9.59 Å². The number of ketones is 1. The van der Waals surface area contributed by atoms with E-state index in [1.165, 1.54) is 12.1 Å². The topological polar surface area (TPSA) is 122 Å². The van der Waals surface area contributed by atoms with Crippen molar-refractivity contribution >= 4 is 44.4 Å². The van der Waals surface area contributed by atoms with Crippen LogP contribution in [-0.2, 0) is 26.0 Å². The van der Waals surface area contributed by atoms with Gasteiger partial charge in [-0.15, -0.1) is 11.3 Å². The zero-order chi connectivity index (χ0) is 27.8. The highest BCUT2D eigenvalue weighted by atomic mass is 32.2. The lowest BCUT2D eigenvalue weighted by atomic mass is 9.74. The quantitative estimate of drug-likeness (QED) is 0.392. The van der Waals surface area contributed by atoms with Crippen LogP contribution in [-0.4, -0.2) is 33.2 Å². The second kappa shape index (κ2) is 10.6. The fraction of sp³-hybridized carbons (Fsp3) is 0.310. The lowest BCUT2D eigenvalue weighted by molar-refractivity contribution is -0.120. The van der Waals surface area contributed by atoms with Crippen LogP contribution in [0.5, 0.6) is 0 Å². The molecule has 2 aromatic carbocycles. The monoisotopic (exact) mass is 564 g/mol. The van der Waals surface area contributed by atoms with Gasteiger partial charge in [0, 0.05) is 29.1 Å². The van der Waals surface area contributed by atoms with Crippen LogP contribution in [0.1, 0.15) is 43.2 Å². The standard InChI is InChI=1S/C29H32N4O4S2/c1-29(2)16-22-27(24(34)17-29)28(25-8-5-15-38-25)33(23-7-4-3-6-21(23)32-22)18-26(35)31-14-13-19-9-11-20(12-10-19)39(30,36)37/h3-12,15,28,32H,13-14,16-18H2,1-2H3,(H,31,35)(H2,30,36,37). The molecule has 0 bridgehead atoms. The van der Waals surface area contributed by atoms with Crippen LogP contribution in [0.3, 0.4) is 0 Å². The Bertz CT molecular complexity index is 1530. The number of anilines is 2. The highest BCUT2D eigenvalue weighted by Gasteiger charge is 2.42. The zero-order valence-corrected chi connectivity index (χ0v) is 23.6. The first-order valence-corrected chi connectivity index (χ1v) is 15.3. The Morgan fingerprint density at radius 1 is 1.10 bits per heavy atom. The van der Waals surface area contributed by atoms with Crippen molar-refractivity contribution in [1.29, 1.82) is 0 Å². The molecule has 0 saturated heterocycles.